The van der Waals surface area contributed by atoms with Crippen molar-refractivity contribution in [1.29, 1.82) is 0 Å². The Morgan fingerprint density at radius 3 is 2.74 bits per heavy atom. The van der Waals surface area contributed by atoms with E-state index >= 15 is 0 Å². The summed E-state index contributed by atoms with van der Waals surface area (Å²) in [5, 5.41) is 7.65. The molecule has 11 heteroatoms. The Kier molecular flexibility index (Phi) is 7.53. The van der Waals surface area contributed by atoms with E-state index in [1.807, 2.05) is 18.2 Å². The Balaban J connectivity index is 0.00000261. The molecule has 1 aliphatic heterocycles. The van der Waals surface area contributed by atoms with Gasteiger partial charge in [0, 0.05) is 31.9 Å². The minimum absolute atomic E-state index is 0. The first-order valence-electron chi connectivity index (χ1n) is 7.80. The van der Waals surface area contributed by atoms with Crippen LogP contribution in [0.2, 0.25) is 0 Å². The van der Waals surface area contributed by atoms with Gasteiger partial charge in [-0.05, 0) is 17.7 Å². The smallest absolute Gasteiger partial charge is 0.434 e. The number of hydrogen-bond donors (Lipinski definition) is 2. The number of hydrogen-bond acceptors (Lipinski definition) is 5. The van der Waals surface area contributed by atoms with E-state index in [2.05, 4.69) is 20.6 Å². The SMILES string of the molecule is CN=C(NCCc1nc(C(F)(F)F)cs1)NCc1ccc2c(c1)OCO2.I. The van der Waals surface area contributed by atoms with Gasteiger partial charge in [-0.25, -0.2) is 4.98 Å². The summed E-state index contributed by atoms with van der Waals surface area (Å²) in [5.74, 6) is 1.98. The van der Waals surface area contributed by atoms with Gasteiger partial charge in [-0.3, -0.25) is 4.99 Å². The number of ether oxygens (including phenoxy) is 2. The first-order chi connectivity index (χ1) is 12.5. The van der Waals surface area contributed by atoms with E-state index < -0.39 is 11.9 Å². The maximum absolute atomic E-state index is 12.5. The van der Waals surface area contributed by atoms with Crippen molar-refractivity contribution in [2.45, 2.75) is 19.1 Å². The summed E-state index contributed by atoms with van der Waals surface area (Å²) in [5.41, 5.74) is 0.148. The topological polar surface area (TPSA) is 67.8 Å². The molecule has 1 aliphatic rings. The monoisotopic (exact) mass is 514 g/mol. The molecule has 0 saturated carbocycles. The molecule has 0 spiro atoms. The molecular formula is C16H18F3IN4O2S. The number of aliphatic imine (C=N–C) groups is 1. The summed E-state index contributed by atoms with van der Waals surface area (Å²) in [6.07, 6.45) is -4.02. The number of nitrogens with one attached hydrogen (secondary N) is 2. The fraction of sp³-hybridized carbons (Fsp3) is 0.375. The van der Waals surface area contributed by atoms with Gasteiger partial charge in [0.25, 0.3) is 0 Å². The average molecular weight is 514 g/mol. The van der Waals surface area contributed by atoms with E-state index in [9.17, 15) is 13.2 Å². The fourth-order valence-corrected chi connectivity index (χ4v) is 3.11. The van der Waals surface area contributed by atoms with Gasteiger partial charge in [-0.1, -0.05) is 6.07 Å². The van der Waals surface area contributed by atoms with E-state index in [0.717, 1.165) is 28.0 Å². The van der Waals surface area contributed by atoms with E-state index in [4.69, 9.17) is 9.47 Å². The lowest BCUT2D eigenvalue weighted by atomic mass is 10.2. The third-order valence-corrected chi connectivity index (χ3v) is 4.50. The number of thiazole rings is 1. The number of guanidine groups is 1. The molecule has 6 nitrogen and oxygen atoms in total. The van der Waals surface area contributed by atoms with E-state index in [1.54, 1.807) is 7.05 Å². The maximum Gasteiger partial charge on any atom is 0.434 e. The molecule has 0 fully saturated rings. The van der Waals surface area contributed by atoms with E-state index in [1.165, 1.54) is 0 Å². The minimum atomic E-state index is -4.40. The summed E-state index contributed by atoms with van der Waals surface area (Å²) in [7, 11) is 1.63. The second-order valence-electron chi connectivity index (χ2n) is 5.41. The van der Waals surface area contributed by atoms with Crippen LogP contribution in [0.3, 0.4) is 0 Å². The lowest BCUT2D eigenvalue weighted by Crippen LogP contribution is -2.37. The molecule has 2 N–H and O–H groups in total. The molecule has 27 heavy (non-hydrogen) atoms. The minimum Gasteiger partial charge on any atom is -0.454 e. The zero-order valence-electron chi connectivity index (χ0n) is 14.3. The largest absolute Gasteiger partial charge is 0.454 e. The van der Waals surface area contributed by atoms with Gasteiger partial charge in [0.2, 0.25) is 6.79 Å². The Hall–Kier alpha value is -1.76. The quantitative estimate of drug-likeness (QED) is 0.364. The third-order valence-electron chi connectivity index (χ3n) is 3.59. The van der Waals surface area contributed by atoms with Crippen molar-refractivity contribution in [3.05, 3.63) is 39.8 Å². The zero-order valence-corrected chi connectivity index (χ0v) is 17.4. The normalized spacial score (nSPS) is 13.3. The first kappa shape index (κ1) is 21.5. The highest BCUT2D eigenvalue weighted by Crippen LogP contribution is 2.32. The number of benzene rings is 1. The van der Waals surface area contributed by atoms with Crippen molar-refractivity contribution in [2.24, 2.45) is 4.99 Å². The van der Waals surface area contributed by atoms with Gasteiger partial charge in [0.1, 0.15) is 0 Å². The van der Waals surface area contributed by atoms with Crippen LogP contribution in [-0.4, -0.2) is 31.3 Å². The predicted molar refractivity (Wildman–Crippen MR) is 107 cm³/mol. The van der Waals surface area contributed by atoms with Crippen LogP contribution in [0.1, 0.15) is 16.3 Å². The first-order valence-corrected chi connectivity index (χ1v) is 8.68. The Bertz CT molecular complexity index is 798. The Morgan fingerprint density at radius 2 is 2.04 bits per heavy atom. The predicted octanol–water partition coefficient (Wildman–Crippen LogP) is 3.42. The number of nitrogens with zero attached hydrogens (tertiary/aromatic N) is 2. The summed E-state index contributed by atoms with van der Waals surface area (Å²) in [6.45, 7) is 1.17. The summed E-state index contributed by atoms with van der Waals surface area (Å²) >= 11 is 1.00. The van der Waals surface area contributed by atoms with Crippen LogP contribution >= 0.6 is 35.3 Å². The van der Waals surface area contributed by atoms with Gasteiger partial charge in [-0.15, -0.1) is 35.3 Å². The summed E-state index contributed by atoms with van der Waals surface area (Å²) in [6, 6.07) is 5.65. The molecule has 0 saturated heterocycles. The van der Waals surface area contributed by atoms with Crippen molar-refractivity contribution in [1.82, 2.24) is 15.6 Å². The molecule has 0 amide bonds. The molecule has 0 atom stereocenters. The van der Waals surface area contributed by atoms with Crippen molar-refractivity contribution in [2.75, 3.05) is 20.4 Å². The molecular weight excluding hydrogens is 496 g/mol. The maximum atomic E-state index is 12.5. The average Bonchev–Trinajstić information content (AvgIpc) is 3.26. The zero-order chi connectivity index (χ0) is 18.6. The van der Waals surface area contributed by atoms with Crippen LogP contribution < -0.4 is 20.1 Å². The molecule has 0 unspecified atom stereocenters. The molecule has 0 bridgehead atoms. The lowest BCUT2D eigenvalue weighted by Gasteiger charge is -2.11. The number of fused-ring (bicyclic) bond motifs is 1. The summed E-state index contributed by atoms with van der Waals surface area (Å²) in [4.78, 5) is 7.69. The summed E-state index contributed by atoms with van der Waals surface area (Å²) < 4.78 is 48.2. The highest BCUT2D eigenvalue weighted by Gasteiger charge is 2.33. The highest BCUT2D eigenvalue weighted by atomic mass is 127. The molecule has 3 rings (SSSR count). The van der Waals surface area contributed by atoms with Crippen LogP contribution in [0.5, 0.6) is 11.5 Å². The van der Waals surface area contributed by atoms with Crippen LogP contribution in [0.25, 0.3) is 0 Å². The van der Waals surface area contributed by atoms with E-state index in [-0.39, 0.29) is 30.8 Å². The lowest BCUT2D eigenvalue weighted by molar-refractivity contribution is -0.140. The number of aromatic nitrogens is 1. The Morgan fingerprint density at radius 1 is 1.26 bits per heavy atom. The standard InChI is InChI=1S/C16H17F3N4O2S.HI/c1-20-15(21-5-4-14-23-13(8-26-14)16(17,18)19)22-7-10-2-3-11-12(6-10)25-9-24-11;/h2-3,6,8H,4-5,7,9H2,1H3,(H2,20,21,22);1H. The van der Waals surface area contributed by atoms with Crippen LogP contribution in [0.15, 0.2) is 28.6 Å². The van der Waals surface area contributed by atoms with Gasteiger partial charge in [-0.2, -0.15) is 13.2 Å². The van der Waals surface area contributed by atoms with E-state index in [0.29, 0.717) is 36.2 Å². The molecule has 2 heterocycles. The van der Waals surface area contributed by atoms with Gasteiger partial charge >= 0.3 is 6.18 Å². The van der Waals surface area contributed by atoms with Crippen LogP contribution in [0, 0.1) is 0 Å². The van der Waals surface area contributed by atoms with Crippen molar-refractivity contribution in [3.8, 4) is 11.5 Å². The molecule has 1 aromatic carbocycles. The second kappa shape index (κ2) is 9.44. The van der Waals surface area contributed by atoms with Gasteiger partial charge in [0.05, 0.1) is 5.01 Å². The van der Waals surface area contributed by atoms with Crippen molar-refractivity contribution >= 4 is 41.3 Å². The molecule has 1 aromatic heterocycles. The van der Waals surface area contributed by atoms with Crippen LogP contribution in [0.4, 0.5) is 13.2 Å². The van der Waals surface area contributed by atoms with Gasteiger partial charge < -0.3 is 20.1 Å². The number of rotatable bonds is 5. The van der Waals surface area contributed by atoms with Crippen molar-refractivity contribution < 1.29 is 22.6 Å². The third kappa shape index (κ3) is 5.86. The Labute approximate surface area is 175 Å². The molecule has 148 valence electrons. The highest BCUT2D eigenvalue weighted by molar-refractivity contribution is 14.0. The van der Waals surface area contributed by atoms with Gasteiger partial charge in [0.15, 0.2) is 23.2 Å². The molecule has 0 aliphatic carbocycles. The van der Waals surface area contributed by atoms with Crippen molar-refractivity contribution in [3.63, 3.8) is 0 Å². The molecule has 2 aromatic rings. The number of alkyl halides is 3. The number of halogens is 4. The second-order valence-corrected chi connectivity index (χ2v) is 6.36. The van der Waals surface area contributed by atoms with Crippen LogP contribution in [-0.2, 0) is 19.1 Å². The fourth-order valence-electron chi connectivity index (χ4n) is 2.30. The molecule has 0 radical (unpaired) electrons.